The number of aryl methyl sites for hydroxylation is 1. The second-order valence-electron chi connectivity index (χ2n) is 6.05. The minimum Gasteiger partial charge on any atom is -0.311 e. The number of benzene rings is 2. The third kappa shape index (κ3) is 3.63. The summed E-state index contributed by atoms with van der Waals surface area (Å²) < 4.78 is 3.44. The van der Waals surface area contributed by atoms with E-state index in [1.165, 1.54) is 21.3 Å². The summed E-state index contributed by atoms with van der Waals surface area (Å²) in [7, 11) is 0. The quantitative estimate of drug-likeness (QED) is 0.394. The molecule has 0 saturated heterocycles. The standard InChI is InChI=1S/C21H18N4S/c1-16-7-8-19-20(13-16)26-21(24-23-14-17-9-11-22-12-10-17)25(19)15-18-5-3-2-4-6-18/h2-14H,15H2,1H3/b23-14+,24-21+. The first-order valence-electron chi connectivity index (χ1n) is 8.40. The molecule has 0 aliphatic carbocycles. The first-order chi connectivity index (χ1) is 12.8. The summed E-state index contributed by atoms with van der Waals surface area (Å²) in [5.41, 5.74) is 4.66. The van der Waals surface area contributed by atoms with Crippen molar-refractivity contribution in [2.75, 3.05) is 0 Å². The molecule has 0 bridgehead atoms. The lowest BCUT2D eigenvalue weighted by molar-refractivity contribution is 0.789. The summed E-state index contributed by atoms with van der Waals surface area (Å²) in [6, 6.07) is 20.7. The van der Waals surface area contributed by atoms with Crippen molar-refractivity contribution >= 4 is 27.8 Å². The molecule has 0 unspecified atom stereocenters. The molecule has 2 heterocycles. The zero-order valence-corrected chi connectivity index (χ0v) is 15.2. The van der Waals surface area contributed by atoms with Gasteiger partial charge in [0.05, 0.1) is 23.0 Å². The molecule has 5 heteroatoms. The Balaban J connectivity index is 1.78. The van der Waals surface area contributed by atoms with Crippen LogP contribution in [0.5, 0.6) is 0 Å². The number of fused-ring (bicyclic) bond motifs is 1. The predicted octanol–water partition coefficient (Wildman–Crippen LogP) is 4.39. The highest BCUT2D eigenvalue weighted by molar-refractivity contribution is 7.16. The molecule has 4 rings (SSSR count). The van der Waals surface area contributed by atoms with Crippen molar-refractivity contribution in [1.29, 1.82) is 0 Å². The van der Waals surface area contributed by atoms with Crippen LogP contribution in [0.25, 0.3) is 10.2 Å². The first-order valence-corrected chi connectivity index (χ1v) is 9.22. The minimum atomic E-state index is 0.771. The smallest absolute Gasteiger partial charge is 0.211 e. The SMILES string of the molecule is Cc1ccc2c(c1)s/c(=N/N=C/c1ccncc1)n2Cc1ccccc1. The van der Waals surface area contributed by atoms with E-state index in [0.29, 0.717) is 0 Å². The Morgan fingerprint density at radius 1 is 1.04 bits per heavy atom. The van der Waals surface area contributed by atoms with Gasteiger partial charge in [0.1, 0.15) is 0 Å². The average molecular weight is 358 g/mol. The van der Waals surface area contributed by atoms with Crippen LogP contribution in [-0.4, -0.2) is 15.8 Å². The van der Waals surface area contributed by atoms with Gasteiger partial charge in [-0.1, -0.05) is 47.7 Å². The van der Waals surface area contributed by atoms with Crippen LogP contribution in [0.2, 0.25) is 0 Å². The van der Waals surface area contributed by atoms with Crippen molar-refractivity contribution in [3.63, 3.8) is 0 Å². The van der Waals surface area contributed by atoms with Gasteiger partial charge in [-0.25, -0.2) is 0 Å². The summed E-state index contributed by atoms with van der Waals surface area (Å²) in [6.45, 7) is 2.88. The van der Waals surface area contributed by atoms with Crippen LogP contribution in [0.4, 0.5) is 0 Å². The number of hydrogen-bond acceptors (Lipinski definition) is 4. The molecule has 2 aromatic carbocycles. The number of rotatable bonds is 4. The van der Waals surface area contributed by atoms with Crippen LogP contribution in [0.15, 0.2) is 83.3 Å². The fourth-order valence-electron chi connectivity index (χ4n) is 2.77. The van der Waals surface area contributed by atoms with Gasteiger partial charge in [-0.3, -0.25) is 4.98 Å². The lowest BCUT2D eigenvalue weighted by Gasteiger charge is -2.05. The lowest BCUT2D eigenvalue weighted by atomic mass is 10.2. The summed E-state index contributed by atoms with van der Waals surface area (Å²) >= 11 is 1.66. The van der Waals surface area contributed by atoms with Gasteiger partial charge in [0.2, 0.25) is 4.80 Å². The van der Waals surface area contributed by atoms with Crippen LogP contribution < -0.4 is 4.80 Å². The van der Waals surface area contributed by atoms with E-state index in [4.69, 9.17) is 0 Å². The maximum atomic E-state index is 4.50. The maximum absolute atomic E-state index is 4.50. The molecule has 0 atom stereocenters. The van der Waals surface area contributed by atoms with Crippen LogP contribution in [0.3, 0.4) is 0 Å². The molecular formula is C21H18N4S. The Morgan fingerprint density at radius 2 is 1.85 bits per heavy atom. The highest BCUT2D eigenvalue weighted by Crippen LogP contribution is 2.20. The Bertz CT molecular complexity index is 1110. The Kier molecular flexibility index (Phi) is 4.71. The molecule has 0 radical (unpaired) electrons. The highest BCUT2D eigenvalue weighted by atomic mass is 32.1. The van der Waals surface area contributed by atoms with Crippen LogP contribution >= 0.6 is 11.3 Å². The summed E-state index contributed by atoms with van der Waals surface area (Å²) in [5, 5.41) is 8.79. The minimum absolute atomic E-state index is 0.771. The Labute approximate surface area is 155 Å². The topological polar surface area (TPSA) is 42.5 Å². The second-order valence-corrected chi connectivity index (χ2v) is 7.06. The van der Waals surface area contributed by atoms with Crippen molar-refractivity contribution in [3.8, 4) is 0 Å². The lowest BCUT2D eigenvalue weighted by Crippen LogP contribution is -2.15. The fourth-order valence-corrected chi connectivity index (χ4v) is 3.86. The van der Waals surface area contributed by atoms with Crippen LogP contribution in [0.1, 0.15) is 16.7 Å². The molecule has 0 aliphatic heterocycles. The van der Waals surface area contributed by atoms with Gasteiger partial charge < -0.3 is 4.57 Å². The largest absolute Gasteiger partial charge is 0.311 e. The maximum Gasteiger partial charge on any atom is 0.211 e. The van der Waals surface area contributed by atoms with Crippen molar-refractivity contribution in [2.24, 2.45) is 10.2 Å². The summed E-state index contributed by atoms with van der Waals surface area (Å²) in [5.74, 6) is 0. The highest BCUT2D eigenvalue weighted by Gasteiger charge is 2.07. The third-order valence-electron chi connectivity index (χ3n) is 4.08. The van der Waals surface area contributed by atoms with E-state index in [2.05, 4.69) is 69.1 Å². The van der Waals surface area contributed by atoms with E-state index in [0.717, 1.165) is 16.9 Å². The molecule has 0 aliphatic rings. The van der Waals surface area contributed by atoms with Gasteiger partial charge in [0.25, 0.3) is 0 Å². The molecule has 0 N–H and O–H groups in total. The summed E-state index contributed by atoms with van der Waals surface area (Å²) in [4.78, 5) is 4.90. The van der Waals surface area contributed by atoms with Crippen molar-refractivity contribution in [1.82, 2.24) is 9.55 Å². The second kappa shape index (κ2) is 7.45. The van der Waals surface area contributed by atoms with Crippen LogP contribution in [0, 0.1) is 6.92 Å². The predicted molar refractivity (Wildman–Crippen MR) is 107 cm³/mol. The monoisotopic (exact) mass is 358 g/mol. The van der Waals surface area contributed by atoms with Gasteiger partial charge in [-0.2, -0.15) is 5.10 Å². The number of nitrogens with zero attached hydrogens (tertiary/aromatic N) is 4. The number of pyridine rings is 1. The molecular weight excluding hydrogens is 340 g/mol. The number of aromatic nitrogens is 2. The zero-order chi connectivity index (χ0) is 17.8. The molecule has 4 nitrogen and oxygen atoms in total. The number of hydrogen-bond donors (Lipinski definition) is 0. The third-order valence-corrected chi connectivity index (χ3v) is 5.11. The van der Waals surface area contributed by atoms with Crippen molar-refractivity contribution in [2.45, 2.75) is 13.5 Å². The molecule has 26 heavy (non-hydrogen) atoms. The molecule has 0 spiro atoms. The molecule has 2 aromatic heterocycles. The van der Waals surface area contributed by atoms with Crippen LogP contribution in [-0.2, 0) is 6.54 Å². The molecule has 0 fully saturated rings. The number of thiazole rings is 1. The van der Waals surface area contributed by atoms with Gasteiger partial charge >= 0.3 is 0 Å². The average Bonchev–Trinajstić information content (AvgIpc) is 3.00. The van der Waals surface area contributed by atoms with Crippen molar-refractivity contribution in [3.05, 3.63) is 94.5 Å². The van der Waals surface area contributed by atoms with E-state index >= 15 is 0 Å². The molecule has 0 saturated carbocycles. The van der Waals surface area contributed by atoms with E-state index < -0.39 is 0 Å². The normalized spacial score (nSPS) is 12.3. The molecule has 0 amide bonds. The van der Waals surface area contributed by atoms with Crippen molar-refractivity contribution < 1.29 is 0 Å². The Morgan fingerprint density at radius 3 is 2.65 bits per heavy atom. The summed E-state index contributed by atoms with van der Waals surface area (Å²) in [6.07, 6.45) is 5.25. The van der Waals surface area contributed by atoms with E-state index in [1.807, 2.05) is 18.2 Å². The van der Waals surface area contributed by atoms with E-state index in [9.17, 15) is 0 Å². The Hall–Kier alpha value is -3.05. The van der Waals surface area contributed by atoms with Gasteiger partial charge in [0, 0.05) is 12.4 Å². The molecule has 128 valence electrons. The van der Waals surface area contributed by atoms with Gasteiger partial charge in [0.15, 0.2) is 0 Å². The van der Waals surface area contributed by atoms with E-state index in [-0.39, 0.29) is 0 Å². The molecule has 4 aromatic rings. The van der Waals surface area contributed by atoms with E-state index in [1.54, 1.807) is 29.9 Å². The van der Waals surface area contributed by atoms with Gasteiger partial charge in [-0.05, 0) is 47.9 Å². The zero-order valence-electron chi connectivity index (χ0n) is 14.4. The van der Waals surface area contributed by atoms with Gasteiger partial charge in [-0.15, -0.1) is 5.10 Å². The first kappa shape index (κ1) is 16.4. The fraction of sp³-hybridized carbons (Fsp3) is 0.0952.